The van der Waals surface area contributed by atoms with Gasteiger partial charge in [-0.2, -0.15) is 8.42 Å². The molecule has 1 rings (SSSR count). The van der Waals surface area contributed by atoms with Crippen molar-refractivity contribution in [1.29, 1.82) is 0 Å². The van der Waals surface area contributed by atoms with Crippen LogP contribution in [0, 0.1) is 12.3 Å². The zero-order valence-corrected chi connectivity index (χ0v) is 10.7. The summed E-state index contributed by atoms with van der Waals surface area (Å²) in [5.74, 6) is 2.47. The fraction of sp³-hybridized carbons (Fsp3) is 0.385. The summed E-state index contributed by atoms with van der Waals surface area (Å²) in [7, 11) is -4.13. The predicted molar refractivity (Wildman–Crippen MR) is 68.7 cm³/mol. The van der Waals surface area contributed by atoms with Crippen molar-refractivity contribution in [2.24, 2.45) is 0 Å². The number of hydrogen-bond donors (Lipinski definition) is 2. The summed E-state index contributed by atoms with van der Waals surface area (Å²) < 4.78 is 30.5. The van der Waals surface area contributed by atoms with E-state index in [1.54, 1.807) is 12.1 Å². The highest BCUT2D eigenvalue weighted by Gasteiger charge is 2.09. The Hall–Kier alpha value is -1.35. The van der Waals surface area contributed by atoms with Crippen LogP contribution >= 0.6 is 0 Å². The van der Waals surface area contributed by atoms with Crippen molar-refractivity contribution in [3.8, 4) is 12.3 Å². The van der Waals surface area contributed by atoms with Crippen LogP contribution in [-0.4, -0.2) is 24.2 Å². The quantitative estimate of drug-likeness (QED) is 0.607. The smallest absolute Gasteiger partial charge is 0.294 e. The van der Waals surface area contributed by atoms with E-state index in [4.69, 9.17) is 11.0 Å². The topological polar surface area (TPSA) is 74.6 Å². The molecule has 98 valence electrons. The summed E-state index contributed by atoms with van der Waals surface area (Å²) in [6.07, 6.45) is 6.98. The average molecular weight is 268 g/mol. The van der Waals surface area contributed by atoms with Gasteiger partial charge in [-0.15, -0.1) is 12.3 Å². The summed E-state index contributed by atoms with van der Waals surface area (Å²) in [5, 5.41) is 9.59. The molecule has 0 aliphatic carbocycles. The minimum atomic E-state index is -4.13. The van der Waals surface area contributed by atoms with Crippen molar-refractivity contribution < 1.29 is 18.1 Å². The fourth-order valence-electron chi connectivity index (χ4n) is 1.56. The van der Waals surface area contributed by atoms with Gasteiger partial charge in [-0.1, -0.05) is 12.1 Å². The number of aliphatic hydroxyl groups is 1. The van der Waals surface area contributed by atoms with Crippen LogP contribution in [0.4, 0.5) is 0 Å². The molecule has 2 N–H and O–H groups in total. The molecule has 4 nitrogen and oxygen atoms in total. The predicted octanol–water partition coefficient (Wildman–Crippen LogP) is 1.64. The summed E-state index contributed by atoms with van der Waals surface area (Å²) in [6.45, 7) is 0. The minimum Gasteiger partial charge on any atom is -0.393 e. The van der Waals surface area contributed by atoms with Crippen LogP contribution in [0.5, 0.6) is 0 Å². The number of aryl methyl sites for hydroxylation is 1. The Morgan fingerprint density at radius 2 is 1.83 bits per heavy atom. The lowest BCUT2D eigenvalue weighted by molar-refractivity contribution is 0.157. The van der Waals surface area contributed by atoms with E-state index in [0.717, 1.165) is 5.56 Å². The molecule has 1 aromatic carbocycles. The Balaban J connectivity index is 2.52. The van der Waals surface area contributed by atoms with E-state index in [1.165, 1.54) is 12.1 Å². The van der Waals surface area contributed by atoms with Crippen molar-refractivity contribution in [3.63, 3.8) is 0 Å². The summed E-state index contributed by atoms with van der Waals surface area (Å²) >= 11 is 0. The van der Waals surface area contributed by atoms with E-state index >= 15 is 0 Å². The van der Waals surface area contributed by atoms with Crippen molar-refractivity contribution >= 4 is 10.1 Å². The highest BCUT2D eigenvalue weighted by atomic mass is 32.2. The Bertz CT molecular complexity index is 511. The van der Waals surface area contributed by atoms with Crippen molar-refractivity contribution in [2.75, 3.05) is 0 Å². The summed E-state index contributed by atoms with van der Waals surface area (Å²) in [4.78, 5) is -0.126. The Morgan fingerprint density at radius 3 is 2.33 bits per heavy atom. The molecule has 0 saturated heterocycles. The van der Waals surface area contributed by atoms with Crippen LogP contribution in [0.2, 0.25) is 0 Å². The molecule has 0 aliphatic rings. The van der Waals surface area contributed by atoms with Crippen LogP contribution in [0.25, 0.3) is 0 Å². The van der Waals surface area contributed by atoms with Crippen LogP contribution in [0.1, 0.15) is 24.8 Å². The molecular weight excluding hydrogens is 252 g/mol. The molecule has 5 heteroatoms. The first-order valence-electron chi connectivity index (χ1n) is 5.61. The number of terminal acetylenes is 1. The number of rotatable bonds is 6. The molecule has 0 aliphatic heterocycles. The third-order valence-corrected chi connectivity index (χ3v) is 3.48. The van der Waals surface area contributed by atoms with E-state index in [-0.39, 0.29) is 4.90 Å². The highest BCUT2D eigenvalue weighted by Crippen LogP contribution is 2.13. The van der Waals surface area contributed by atoms with E-state index < -0.39 is 16.2 Å². The summed E-state index contributed by atoms with van der Waals surface area (Å²) in [5.41, 5.74) is 0.905. The van der Waals surface area contributed by atoms with Gasteiger partial charge in [0.1, 0.15) is 0 Å². The monoisotopic (exact) mass is 268 g/mol. The lowest BCUT2D eigenvalue weighted by Gasteiger charge is -2.08. The molecule has 1 atom stereocenters. The number of hydrogen-bond acceptors (Lipinski definition) is 3. The van der Waals surface area contributed by atoms with Gasteiger partial charge in [0.15, 0.2) is 0 Å². The molecule has 18 heavy (non-hydrogen) atoms. The van der Waals surface area contributed by atoms with Gasteiger partial charge in [0, 0.05) is 6.42 Å². The molecule has 0 aromatic heterocycles. The second-order valence-electron chi connectivity index (χ2n) is 4.05. The second kappa shape index (κ2) is 6.55. The third kappa shape index (κ3) is 4.88. The molecule has 0 amide bonds. The minimum absolute atomic E-state index is 0.126. The van der Waals surface area contributed by atoms with Gasteiger partial charge in [0.2, 0.25) is 0 Å². The van der Waals surface area contributed by atoms with Crippen LogP contribution in [0.15, 0.2) is 29.2 Å². The Kier molecular flexibility index (Phi) is 5.35. The third-order valence-electron chi connectivity index (χ3n) is 2.61. The molecule has 0 fully saturated rings. The van der Waals surface area contributed by atoms with Crippen molar-refractivity contribution in [3.05, 3.63) is 29.8 Å². The molecule has 0 heterocycles. The summed E-state index contributed by atoms with van der Waals surface area (Å²) in [6, 6.07) is 5.94. The van der Waals surface area contributed by atoms with Crippen molar-refractivity contribution in [2.45, 2.75) is 36.7 Å². The lowest BCUT2D eigenvalue weighted by Crippen LogP contribution is -2.07. The van der Waals surface area contributed by atoms with Crippen LogP contribution in [-0.2, 0) is 16.5 Å². The van der Waals surface area contributed by atoms with Gasteiger partial charge in [-0.3, -0.25) is 4.55 Å². The normalized spacial score (nSPS) is 12.9. The van der Waals surface area contributed by atoms with E-state index in [9.17, 15) is 13.5 Å². The molecular formula is C13H16O4S. The number of benzene rings is 1. The van der Waals surface area contributed by atoms with Crippen LogP contribution < -0.4 is 0 Å². The maximum atomic E-state index is 10.8. The zero-order chi connectivity index (χ0) is 13.6. The highest BCUT2D eigenvalue weighted by molar-refractivity contribution is 7.85. The molecule has 1 unspecified atom stereocenters. The van der Waals surface area contributed by atoms with Crippen molar-refractivity contribution in [1.82, 2.24) is 0 Å². The van der Waals surface area contributed by atoms with Gasteiger partial charge in [-0.05, 0) is 37.0 Å². The molecule has 0 bridgehead atoms. The largest absolute Gasteiger partial charge is 0.393 e. The maximum absolute atomic E-state index is 10.8. The fourth-order valence-corrected chi connectivity index (χ4v) is 2.04. The van der Waals surface area contributed by atoms with Crippen LogP contribution in [0.3, 0.4) is 0 Å². The lowest BCUT2D eigenvalue weighted by atomic mass is 10.0. The van der Waals surface area contributed by atoms with E-state index in [0.29, 0.717) is 25.7 Å². The molecule has 0 spiro atoms. The SMILES string of the molecule is C#CCCC(O)CCc1ccc(S(=O)(=O)O)cc1. The van der Waals surface area contributed by atoms with Gasteiger partial charge in [0.25, 0.3) is 10.1 Å². The zero-order valence-electron chi connectivity index (χ0n) is 9.91. The first-order valence-corrected chi connectivity index (χ1v) is 7.05. The molecule has 0 saturated carbocycles. The van der Waals surface area contributed by atoms with Gasteiger partial charge < -0.3 is 5.11 Å². The Morgan fingerprint density at radius 1 is 1.22 bits per heavy atom. The molecule has 1 aromatic rings. The first kappa shape index (κ1) is 14.7. The number of aliphatic hydroxyl groups excluding tert-OH is 1. The van der Waals surface area contributed by atoms with E-state index in [2.05, 4.69) is 5.92 Å². The average Bonchev–Trinajstić information content (AvgIpc) is 2.33. The Labute approximate surface area is 107 Å². The second-order valence-corrected chi connectivity index (χ2v) is 5.48. The van der Waals surface area contributed by atoms with E-state index in [1.807, 2.05) is 0 Å². The van der Waals surface area contributed by atoms with Gasteiger partial charge in [-0.25, -0.2) is 0 Å². The van der Waals surface area contributed by atoms with Gasteiger partial charge >= 0.3 is 0 Å². The van der Waals surface area contributed by atoms with Gasteiger partial charge in [0.05, 0.1) is 11.0 Å². The standard InChI is InChI=1S/C13H16O4S/c1-2-3-4-12(14)8-5-11-6-9-13(10-7-11)18(15,16)17/h1,6-7,9-10,12,14H,3-5,8H2,(H,15,16,17). The maximum Gasteiger partial charge on any atom is 0.294 e. The first-order chi connectivity index (χ1) is 8.43. The molecule has 0 radical (unpaired) electrons.